The molecular weight excluding hydrogens is 370 g/mol. The van der Waals surface area contributed by atoms with Gasteiger partial charge in [-0.2, -0.15) is 0 Å². The summed E-state index contributed by atoms with van der Waals surface area (Å²) in [5.41, 5.74) is 0.806. The Morgan fingerprint density at radius 3 is 2.69 bits per heavy atom. The number of hydrogen-bond donors (Lipinski definition) is 1. The Morgan fingerprint density at radius 2 is 2.08 bits per heavy atom. The number of thiazole rings is 1. The molecule has 0 bridgehead atoms. The highest BCUT2D eigenvalue weighted by atomic mass is 32.2. The van der Waals surface area contributed by atoms with Gasteiger partial charge in [0.2, 0.25) is 5.91 Å². The molecule has 1 aliphatic rings. The molecule has 1 fully saturated rings. The Bertz CT molecular complexity index is 846. The molecule has 1 aromatic carbocycles. The minimum atomic E-state index is -3.28. The van der Waals surface area contributed by atoms with Gasteiger partial charge in [0.1, 0.15) is 0 Å². The highest BCUT2D eigenvalue weighted by Gasteiger charge is 2.25. The molecule has 0 aliphatic carbocycles. The number of anilines is 1. The number of sulfone groups is 1. The van der Waals surface area contributed by atoms with E-state index in [0.29, 0.717) is 4.90 Å². The summed E-state index contributed by atoms with van der Waals surface area (Å²) in [5, 5.41) is 5.54. The topological polar surface area (TPSA) is 79.4 Å². The van der Waals surface area contributed by atoms with E-state index in [1.54, 1.807) is 55.6 Å². The molecule has 1 N–H and O–H groups in total. The van der Waals surface area contributed by atoms with E-state index >= 15 is 0 Å². The molecule has 26 heavy (non-hydrogen) atoms. The van der Waals surface area contributed by atoms with Crippen LogP contribution in [0.25, 0.3) is 0 Å². The summed E-state index contributed by atoms with van der Waals surface area (Å²) in [5.74, 6) is -0.0459. The fraction of sp³-hybridized carbons (Fsp3) is 0.444. The first-order valence-electron chi connectivity index (χ1n) is 8.63. The van der Waals surface area contributed by atoms with Crippen LogP contribution < -0.4 is 10.2 Å². The average Bonchev–Trinajstić information content (AvgIpc) is 3.26. The predicted octanol–water partition coefficient (Wildman–Crippen LogP) is 2.26. The monoisotopic (exact) mass is 393 g/mol. The summed E-state index contributed by atoms with van der Waals surface area (Å²) >= 11 is 1.60. The molecule has 1 aliphatic heterocycles. The lowest BCUT2D eigenvalue weighted by molar-refractivity contribution is -0.121. The lowest BCUT2D eigenvalue weighted by Crippen LogP contribution is -2.37. The maximum Gasteiger partial charge on any atom is 0.224 e. The van der Waals surface area contributed by atoms with E-state index in [1.807, 2.05) is 5.38 Å². The van der Waals surface area contributed by atoms with E-state index in [4.69, 9.17) is 0 Å². The molecule has 1 atom stereocenters. The van der Waals surface area contributed by atoms with Gasteiger partial charge in [-0.3, -0.25) is 4.79 Å². The Balaban J connectivity index is 1.54. The summed E-state index contributed by atoms with van der Waals surface area (Å²) in [4.78, 5) is 19.1. The summed E-state index contributed by atoms with van der Waals surface area (Å²) in [6, 6.07) is 6.71. The van der Waals surface area contributed by atoms with Crippen LogP contribution in [0.1, 0.15) is 25.8 Å². The van der Waals surface area contributed by atoms with Crippen molar-refractivity contribution in [3.63, 3.8) is 0 Å². The average molecular weight is 394 g/mol. The Hall–Kier alpha value is -1.93. The quantitative estimate of drug-likeness (QED) is 0.814. The van der Waals surface area contributed by atoms with E-state index in [2.05, 4.69) is 15.2 Å². The number of carbonyl (C=O) groups excluding carboxylic acids is 1. The number of nitrogens with zero attached hydrogens (tertiary/aromatic N) is 2. The minimum absolute atomic E-state index is 0.0459. The van der Waals surface area contributed by atoms with Crippen LogP contribution in [0.2, 0.25) is 0 Å². The van der Waals surface area contributed by atoms with Gasteiger partial charge in [0.15, 0.2) is 15.0 Å². The second kappa shape index (κ2) is 7.75. The Labute approximate surface area is 158 Å². The van der Waals surface area contributed by atoms with Crippen LogP contribution >= 0.6 is 11.3 Å². The third kappa shape index (κ3) is 4.24. The van der Waals surface area contributed by atoms with Crippen molar-refractivity contribution in [1.82, 2.24) is 10.3 Å². The number of carbonyl (C=O) groups is 1. The van der Waals surface area contributed by atoms with Gasteiger partial charge < -0.3 is 10.2 Å². The van der Waals surface area contributed by atoms with Crippen molar-refractivity contribution < 1.29 is 13.2 Å². The van der Waals surface area contributed by atoms with Gasteiger partial charge in [-0.15, -0.1) is 11.3 Å². The fourth-order valence-corrected chi connectivity index (χ4v) is 4.70. The maximum absolute atomic E-state index is 12.3. The molecule has 1 unspecified atom stereocenters. The zero-order valence-electron chi connectivity index (χ0n) is 14.9. The first kappa shape index (κ1) is 18.8. The number of nitrogens with one attached hydrogen (secondary N) is 1. The van der Waals surface area contributed by atoms with Crippen molar-refractivity contribution in [2.24, 2.45) is 0 Å². The van der Waals surface area contributed by atoms with Gasteiger partial charge in [0.25, 0.3) is 0 Å². The predicted molar refractivity (Wildman–Crippen MR) is 103 cm³/mol. The first-order chi connectivity index (χ1) is 12.4. The van der Waals surface area contributed by atoms with Crippen molar-refractivity contribution >= 4 is 32.2 Å². The van der Waals surface area contributed by atoms with Crippen molar-refractivity contribution in [3.05, 3.63) is 41.4 Å². The SMILES string of the molecule is CC(C)S(=O)(=O)c1ccc(CC(=O)NC2CCN(c3nccs3)C2)cc1. The van der Waals surface area contributed by atoms with E-state index in [9.17, 15) is 13.2 Å². The van der Waals surface area contributed by atoms with Crippen LogP contribution in [0.4, 0.5) is 5.13 Å². The van der Waals surface area contributed by atoms with Gasteiger partial charge in [-0.1, -0.05) is 12.1 Å². The summed E-state index contributed by atoms with van der Waals surface area (Å²) in [6.07, 6.45) is 2.93. The normalized spacial score (nSPS) is 17.7. The van der Waals surface area contributed by atoms with Gasteiger partial charge >= 0.3 is 0 Å². The van der Waals surface area contributed by atoms with E-state index in [1.165, 1.54) is 0 Å². The second-order valence-electron chi connectivity index (χ2n) is 6.73. The Kier molecular flexibility index (Phi) is 5.62. The molecule has 3 rings (SSSR count). The van der Waals surface area contributed by atoms with Crippen molar-refractivity contribution in [3.8, 4) is 0 Å². The number of rotatable bonds is 6. The highest BCUT2D eigenvalue weighted by Crippen LogP contribution is 2.22. The van der Waals surface area contributed by atoms with Crippen LogP contribution in [0.15, 0.2) is 40.7 Å². The molecule has 6 nitrogen and oxygen atoms in total. The van der Waals surface area contributed by atoms with Crippen molar-refractivity contribution in [2.75, 3.05) is 18.0 Å². The number of amides is 1. The standard InChI is InChI=1S/C18H23N3O3S2/c1-13(2)26(23,24)16-5-3-14(4-6-16)11-17(22)20-15-7-9-21(12-15)18-19-8-10-25-18/h3-6,8,10,13,15H,7,9,11-12H2,1-2H3,(H,20,22). The minimum Gasteiger partial charge on any atom is -0.351 e. The van der Waals surface area contributed by atoms with Crippen LogP contribution in [-0.4, -0.2) is 43.7 Å². The first-order valence-corrected chi connectivity index (χ1v) is 11.1. The molecule has 2 heterocycles. The fourth-order valence-electron chi connectivity index (χ4n) is 2.96. The third-order valence-electron chi connectivity index (χ3n) is 4.48. The van der Waals surface area contributed by atoms with Crippen LogP contribution in [-0.2, 0) is 21.1 Å². The lowest BCUT2D eigenvalue weighted by Gasteiger charge is -2.16. The van der Waals surface area contributed by atoms with Gasteiger partial charge in [0, 0.05) is 30.7 Å². The molecule has 0 saturated carbocycles. The second-order valence-corrected chi connectivity index (χ2v) is 10.1. The molecule has 8 heteroatoms. The third-order valence-corrected chi connectivity index (χ3v) is 7.48. The van der Waals surface area contributed by atoms with E-state index in [0.717, 1.165) is 30.2 Å². The van der Waals surface area contributed by atoms with E-state index < -0.39 is 15.1 Å². The summed E-state index contributed by atoms with van der Waals surface area (Å²) < 4.78 is 24.3. The van der Waals surface area contributed by atoms with Crippen LogP contribution in [0.3, 0.4) is 0 Å². The van der Waals surface area contributed by atoms with E-state index in [-0.39, 0.29) is 18.4 Å². The Morgan fingerprint density at radius 1 is 1.35 bits per heavy atom. The molecule has 0 radical (unpaired) electrons. The molecule has 0 spiro atoms. The van der Waals surface area contributed by atoms with Crippen LogP contribution in [0, 0.1) is 0 Å². The van der Waals surface area contributed by atoms with Crippen molar-refractivity contribution in [1.29, 1.82) is 0 Å². The van der Waals surface area contributed by atoms with Crippen molar-refractivity contribution in [2.45, 2.75) is 42.9 Å². The molecular formula is C18H23N3O3S2. The zero-order valence-corrected chi connectivity index (χ0v) is 16.5. The molecule has 1 amide bonds. The largest absolute Gasteiger partial charge is 0.351 e. The van der Waals surface area contributed by atoms with Gasteiger partial charge in [-0.05, 0) is 38.0 Å². The van der Waals surface area contributed by atoms with Gasteiger partial charge in [-0.25, -0.2) is 13.4 Å². The number of benzene rings is 1. The smallest absolute Gasteiger partial charge is 0.224 e. The zero-order chi connectivity index (χ0) is 18.7. The lowest BCUT2D eigenvalue weighted by atomic mass is 10.1. The maximum atomic E-state index is 12.3. The molecule has 2 aromatic rings. The summed E-state index contributed by atoms with van der Waals surface area (Å²) in [7, 11) is -3.28. The number of hydrogen-bond acceptors (Lipinski definition) is 6. The van der Waals surface area contributed by atoms with Crippen LogP contribution in [0.5, 0.6) is 0 Å². The highest BCUT2D eigenvalue weighted by molar-refractivity contribution is 7.92. The number of aromatic nitrogens is 1. The summed E-state index contributed by atoms with van der Waals surface area (Å²) in [6.45, 7) is 4.98. The molecule has 140 valence electrons. The molecule has 1 saturated heterocycles. The van der Waals surface area contributed by atoms with Gasteiger partial charge in [0.05, 0.1) is 16.6 Å². The molecule has 1 aromatic heterocycles.